The van der Waals surface area contributed by atoms with Crippen molar-refractivity contribution in [3.63, 3.8) is 0 Å². The maximum absolute atomic E-state index is 12.1. The fourth-order valence-electron chi connectivity index (χ4n) is 2.28. The first-order valence-electron chi connectivity index (χ1n) is 8.35. The summed E-state index contributed by atoms with van der Waals surface area (Å²) < 4.78 is 30.8. The lowest BCUT2D eigenvalue weighted by Crippen LogP contribution is -2.27. The van der Waals surface area contributed by atoms with E-state index < -0.39 is 22.8 Å². The molecule has 1 unspecified atom stereocenters. The molecule has 0 radical (unpaired) electrons. The summed E-state index contributed by atoms with van der Waals surface area (Å²) in [5.74, 6) is -0.471. The van der Waals surface area contributed by atoms with Gasteiger partial charge in [0.05, 0.1) is 11.9 Å². The Labute approximate surface area is 156 Å². The number of amides is 1. The number of benzene rings is 1. The molecule has 0 aliphatic carbocycles. The van der Waals surface area contributed by atoms with Crippen LogP contribution in [0.15, 0.2) is 18.2 Å². The lowest BCUT2D eigenvalue weighted by atomic mass is 10.0. The Kier molecular flexibility index (Phi) is 8.23. The number of hydrogen-bond donors (Lipinski definition) is 2. The molecule has 0 aromatic heterocycles. The first-order valence-corrected chi connectivity index (χ1v) is 9.63. The summed E-state index contributed by atoms with van der Waals surface area (Å²) in [6.07, 6.45) is -0.492. The molecule has 1 aromatic rings. The van der Waals surface area contributed by atoms with Crippen LogP contribution in [-0.2, 0) is 37.5 Å². The van der Waals surface area contributed by atoms with E-state index in [1.165, 1.54) is 0 Å². The van der Waals surface area contributed by atoms with E-state index in [1.807, 2.05) is 0 Å². The highest BCUT2D eigenvalue weighted by Gasteiger charge is 2.19. The van der Waals surface area contributed by atoms with Gasteiger partial charge in [0, 0.05) is 12.1 Å². The molecule has 0 heterocycles. The van der Waals surface area contributed by atoms with Gasteiger partial charge < -0.3 is 14.0 Å². The third kappa shape index (κ3) is 8.44. The molecule has 0 saturated carbocycles. The number of carbonyl (C=O) groups is 2. The van der Waals surface area contributed by atoms with Crippen molar-refractivity contribution in [2.45, 2.75) is 64.9 Å². The van der Waals surface area contributed by atoms with Crippen molar-refractivity contribution < 1.29 is 27.8 Å². The van der Waals surface area contributed by atoms with Gasteiger partial charge >= 0.3 is 12.1 Å². The van der Waals surface area contributed by atoms with Crippen LogP contribution >= 0.6 is 0 Å². The molecule has 7 nitrogen and oxygen atoms in total. The lowest BCUT2D eigenvalue weighted by molar-refractivity contribution is -0.147. The molecule has 146 valence electrons. The van der Waals surface area contributed by atoms with E-state index in [0.29, 0.717) is 16.8 Å². The van der Waals surface area contributed by atoms with Crippen molar-refractivity contribution >= 4 is 28.8 Å². The number of ether oxygens (including phenoxy) is 2. The second-order valence-corrected chi connectivity index (χ2v) is 8.01. The first-order chi connectivity index (χ1) is 12.0. The molecule has 0 fully saturated rings. The summed E-state index contributed by atoms with van der Waals surface area (Å²) in [4.78, 5) is 23.9. The summed E-state index contributed by atoms with van der Waals surface area (Å²) in [6.45, 7) is 8.77. The summed E-state index contributed by atoms with van der Waals surface area (Å²) in [5, 5.41) is 2.65. The molecule has 26 heavy (non-hydrogen) atoms. The van der Waals surface area contributed by atoms with Crippen LogP contribution in [0.3, 0.4) is 0 Å². The Morgan fingerprint density at radius 1 is 1.27 bits per heavy atom. The molecule has 0 saturated heterocycles. The molecule has 0 bridgehead atoms. The van der Waals surface area contributed by atoms with E-state index in [2.05, 4.69) is 5.32 Å². The van der Waals surface area contributed by atoms with E-state index in [-0.39, 0.29) is 30.7 Å². The minimum absolute atomic E-state index is 0.0935. The minimum atomic E-state index is -2.05. The predicted molar refractivity (Wildman–Crippen MR) is 100 cm³/mol. The van der Waals surface area contributed by atoms with E-state index >= 15 is 0 Å². The second kappa shape index (κ2) is 9.68. The van der Waals surface area contributed by atoms with Gasteiger partial charge in [-0.1, -0.05) is 12.1 Å². The zero-order valence-corrected chi connectivity index (χ0v) is 16.6. The van der Waals surface area contributed by atoms with E-state index in [4.69, 9.17) is 9.47 Å². The third-order valence-corrected chi connectivity index (χ3v) is 3.69. The lowest BCUT2D eigenvalue weighted by Gasteiger charge is -2.21. The smallest absolute Gasteiger partial charge is 0.412 e. The van der Waals surface area contributed by atoms with Crippen LogP contribution in [-0.4, -0.2) is 32.5 Å². The van der Waals surface area contributed by atoms with Gasteiger partial charge in [-0.3, -0.25) is 10.1 Å². The summed E-state index contributed by atoms with van der Waals surface area (Å²) >= 11 is -2.05. The van der Waals surface area contributed by atoms with Gasteiger partial charge in [0.15, 0.2) is 11.1 Å². The standard InChI is InChI=1S/C18H27NO6S/c1-12(2)24-16(20)10-9-14-13(11-26(22)23)7-6-8-15(14)19-17(21)25-18(3,4)5/h6-8,12H,9-11H2,1-5H3,(H,19,21)(H,22,23). The Morgan fingerprint density at radius 3 is 2.46 bits per heavy atom. The topological polar surface area (TPSA) is 102 Å². The van der Waals surface area contributed by atoms with Crippen LogP contribution < -0.4 is 5.32 Å². The molecule has 1 rings (SSSR count). The van der Waals surface area contributed by atoms with Gasteiger partial charge in [0.1, 0.15) is 5.60 Å². The van der Waals surface area contributed by atoms with E-state index in [9.17, 15) is 18.4 Å². The number of nitrogens with one attached hydrogen (secondary N) is 1. The molecule has 1 amide bonds. The van der Waals surface area contributed by atoms with Gasteiger partial charge in [0.2, 0.25) is 0 Å². The quantitative estimate of drug-likeness (QED) is 0.549. The number of hydrogen-bond acceptors (Lipinski definition) is 5. The average Bonchev–Trinajstić information content (AvgIpc) is 2.43. The summed E-state index contributed by atoms with van der Waals surface area (Å²) in [7, 11) is 0. The van der Waals surface area contributed by atoms with Crippen molar-refractivity contribution in [1.29, 1.82) is 0 Å². The van der Waals surface area contributed by atoms with Crippen LogP contribution in [0.4, 0.5) is 10.5 Å². The van der Waals surface area contributed by atoms with Gasteiger partial charge in [-0.2, -0.15) is 0 Å². The molecule has 8 heteroatoms. The monoisotopic (exact) mass is 385 g/mol. The molecule has 0 spiro atoms. The number of esters is 1. The van der Waals surface area contributed by atoms with Crippen molar-refractivity contribution in [1.82, 2.24) is 0 Å². The van der Waals surface area contributed by atoms with Gasteiger partial charge in [-0.05, 0) is 58.2 Å². The van der Waals surface area contributed by atoms with Crippen molar-refractivity contribution in [3.05, 3.63) is 29.3 Å². The molecule has 0 aliphatic rings. The van der Waals surface area contributed by atoms with Crippen molar-refractivity contribution in [3.8, 4) is 0 Å². The highest BCUT2D eigenvalue weighted by molar-refractivity contribution is 7.78. The average molecular weight is 385 g/mol. The maximum Gasteiger partial charge on any atom is 0.412 e. The fourth-order valence-corrected chi connectivity index (χ4v) is 2.81. The molecule has 0 aliphatic heterocycles. The molecule has 2 N–H and O–H groups in total. The van der Waals surface area contributed by atoms with Crippen LogP contribution in [0.1, 0.15) is 52.2 Å². The normalized spacial score (nSPS) is 12.6. The Morgan fingerprint density at radius 2 is 1.92 bits per heavy atom. The zero-order valence-electron chi connectivity index (χ0n) is 15.8. The third-order valence-electron chi connectivity index (χ3n) is 3.13. The highest BCUT2D eigenvalue weighted by atomic mass is 32.2. The number of anilines is 1. The van der Waals surface area contributed by atoms with Crippen LogP contribution in [0.5, 0.6) is 0 Å². The largest absolute Gasteiger partial charge is 0.463 e. The molecular weight excluding hydrogens is 358 g/mol. The number of rotatable bonds is 7. The number of carbonyl (C=O) groups excluding carboxylic acids is 2. The van der Waals surface area contributed by atoms with Gasteiger partial charge in [0.25, 0.3) is 0 Å². The van der Waals surface area contributed by atoms with Crippen LogP contribution in [0, 0.1) is 0 Å². The maximum atomic E-state index is 12.1. The van der Waals surface area contributed by atoms with Crippen molar-refractivity contribution in [2.75, 3.05) is 5.32 Å². The summed E-state index contributed by atoms with van der Waals surface area (Å²) in [6, 6.07) is 5.03. The van der Waals surface area contributed by atoms with E-state index in [1.54, 1.807) is 52.8 Å². The van der Waals surface area contributed by atoms with Crippen molar-refractivity contribution in [2.24, 2.45) is 0 Å². The first kappa shape index (κ1) is 22.1. The Balaban J connectivity index is 3.02. The summed E-state index contributed by atoms with van der Waals surface area (Å²) in [5.41, 5.74) is 0.980. The Bertz CT molecular complexity index is 666. The van der Waals surface area contributed by atoms with Gasteiger partial charge in [-0.15, -0.1) is 0 Å². The molecular formula is C18H27NO6S. The van der Waals surface area contributed by atoms with Crippen LogP contribution in [0.25, 0.3) is 0 Å². The molecule has 1 atom stereocenters. The Hall–Kier alpha value is -1.93. The highest BCUT2D eigenvalue weighted by Crippen LogP contribution is 2.24. The predicted octanol–water partition coefficient (Wildman–Crippen LogP) is 3.64. The fraction of sp³-hybridized carbons (Fsp3) is 0.556. The SMILES string of the molecule is CC(C)OC(=O)CCc1c(CS(=O)O)cccc1NC(=O)OC(C)(C)C. The molecule has 1 aromatic carbocycles. The van der Waals surface area contributed by atoms with Crippen LogP contribution in [0.2, 0.25) is 0 Å². The zero-order chi connectivity index (χ0) is 19.9. The second-order valence-electron chi connectivity index (χ2n) is 7.07. The minimum Gasteiger partial charge on any atom is -0.463 e. The van der Waals surface area contributed by atoms with E-state index in [0.717, 1.165) is 0 Å². The van der Waals surface area contributed by atoms with Gasteiger partial charge in [-0.25, -0.2) is 9.00 Å².